The second kappa shape index (κ2) is 13.3. The topological polar surface area (TPSA) is 147 Å². The van der Waals surface area contributed by atoms with E-state index in [1.54, 1.807) is 14.1 Å². The van der Waals surface area contributed by atoms with Crippen LogP contribution in [0.5, 0.6) is 0 Å². The maximum Gasteiger partial charge on any atom is 0.326 e. The summed E-state index contributed by atoms with van der Waals surface area (Å²) in [7, 11) is 3.42. The highest BCUT2D eigenvalue weighted by atomic mass is 16.4. The molecule has 192 valence electrons. The lowest BCUT2D eigenvalue weighted by Gasteiger charge is -2.25. The van der Waals surface area contributed by atoms with Gasteiger partial charge in [0, 0.05) is 32.9 Å². The number of fused-ring (bicyclic) bond motifs is 1. The molecule has 0 spiro atoms. The summed E-state index contributed by atoms with van der Waals surface area (Å²) in [5, 5.41) is 24.7. The van der Waals surface area contributed by atoms with Crippen LogP contribution in [0.4, 0.5) is 11.8 Å². The predicted molar refractivity (Wildman–Crippen MR) is 136 cm³/mol. The third kappa shape index (κ3) is 8.16. The van der Waals surface area contributed by atoms with Crippen LogP contribution in [0.2, 0.25) is 0 Å². The number of hydrogen-bond acceptors (Lipinski definition) is 9. The number of aryl methyl sites for hydroxylation is 2. The van der Waals surface area contributed by atoms with Crippen LogP contribution >= 0.6 is 0 Å². The van der Waals surface area contributed by atoms with Gasteiger partial charge in [0.25, 0.3) is 0 Å². The predicted octanol–water partition coefficient (Wildman–Crippen LogP) is 1.77. The second-order valence-corrected chi connectivity index (χ2v) is 9.09. The number of anilines is 2. The Morgan fingerprint density at radius 1 is 1.22 bits per heavy atom. The molecule has 0 saturated carbocycles. The van der Waals surface area contributed by atoms with Gasteiger partial charge in [0.05, 0.1) is 24.5 Å². The Balaban J connectivity index is 1.53. The number of rotatable bonds is 13. The largest absolute Gasteiger partial charge is 0.480 e. The van der Waals surface area contributed by atoms with Gasteiger partial charge in [-0.2, -0.15) is 5.26 Å². The quantitative estimate of drug-likeness (QED) is 0.352. The molecule has 11 heteroatoms. The fourth-order valence-corrected chi connectivity index (χ4v) is 3.94. The maximum atomic E-state index is 12.4. The first-order valence-electron chi connectivity index (χ1n) is 12.2. The molecule has 36 heavy (non-hydrogen) atoms. The molecule has 1 amide bonds. The average Bonchev–Trinajstić information content (AvgIpc) is 2.88. The molecular formula is C25H34N8O3. The standard InChI is InChI=1S/C25H34N8O3/c1-32(2)22(34)17-33(12-4-3-7-20-9-8-19-6-5-11-27-23(19)30-20)13-10-21(24(35)36)31-25-28-15-18(14-26)16-29-25/h8-9,15-16,21H,3-7,10-13,17H2,1-2H3,(H,27,30)(H,35,36)(H,28,29,31). The van der Waals surface area contributed by atoms with Gasteiger partial charge in [0.1, 0.15) is 17.9 Å². The van der Waals surface area contributed by atoms with Crippen molar-refractivity contribution in [1.82, 2.24) is 24.8 Å². The number of pyridine rings is 1. The number of aliphatic carboxylic acids is 1. The molecule has 2 aromatic rings. The molecule has 0 radical (unpaired) electrons. The first-order valence-corrected chi connectivity index (χ1v) is 12.2. The van der Waals surface area contributed by atoms with Gasteiger partial charge in [-0.25, -0.2) is 19.7 Å². The molecule has 0 aliphatic carbocycles. The zero-order chi connectivity index (χ0) is 25.9. The van der Waals surface area contributed by atoms with Crippen LogP contribution < -0.4 is 10.6 Å². The van der Waals surface area contributed by atoms with E-state index in [0.29, 0.717) is 18.7 Å². The van der Waals surface area contributed by atoms with E-state index < -0.39 is 12.0 Å². The second-order valence-electron chi connectivity index (χ2n) is 9.09. The summed E-state index contributed by atoms with van der Waals surface area (Å²) in [5.74, 6) is 0.0707. The van der Waals surface area contributed by atoms with Gasteiger partial charge in [0.2, 0.25) is 11.9 Å². The summed E-state index contributed by atoms with van der Waals surface area (Å²) in [6.07, 6.45) is 7.75. The highest BCUT2D eigenvalue weighted by molar-refractivity contribution is 5.78. The first-order chi connectivity index (χ1) is 17.4. The van der Waals surface area contributed by atoms with Gasteiger partial charge in [0.15, 0.2) is 0 Å². The number of carboxylic acids is 1. The average molecular weight is 495 g/mol. The van der Waals surface area contributed by atoms with E-state index in [1.165, 1.54) is 22.9 Å². The van der Waals surface area contributed by atoms with Crippen molar-refractivity contribution in [2.45, 2.75) is 44.6 Å². The fourth-order valence-electron chi connectivity index (χ4n) is 3.94. The SMILES string of the molecule is CN(C)C(=O)CN(CCCCc1ccc2c(n1)NCCC2)CCC(Nc1ncc(C#N)cn1)C(=O)O. The highest BCUT2D eigenvalue weighted by Crippen LogP contribution is 2.20. The van der Waals surface area contributed by atoms with Crippen molar-refractivity contribution in [1.29, 1.82) is 5.26 Å². The molecule has 1 aliphatic heterocycles. The van der Waals surface area contributed by atoms with Gasteiger partial charge < -0.3 is 20.6 Å². The molecule has 3 rings (SSSR count). The molecule has 1 atom stereocenters. The van der Waals surface area contributed by atoms with E-state index in [1.807, 2.05) is 11.0 Å². The van der Waals surface area contributed by atoms with Crippen LogP contribution in [0.3, 0.4) is 0 Å². The number of nitriles is 1. The smallest absolute Gasteiger partial charge is 0.326 e. The molecule has 0 bridgehead atoms. The molecule has 1 aliphatic rings. The molecule has 2 aromatic heterocycles. The summed E-state index contributed by atoms with van der Waals surface area (Å²) in [5.41, 5.74) is 2.62. The van der Waals surface area contributed by atoms with Crippen molar-refractivity contribution in [3.63, 3.8) is 0 Å². The number of carbonyl (C=O) groups excluding carboxylic acids is 1. The fraction of sp³-hybridized carbons (Fsp3) is 0.520. The summed E-state index contributed by atoms with van der Waals surface area (Å²) >= 11 is 0. The molecule has 0 saturated heterocycles. The highest BCUT2D eigenvalue weighted by Gasteiger charge is 2.21. The number of nitrogens with one attached hydrogen (secondary N) is 2. The van der Waals surface area contributed by atoms with Crippen molar-refractivity contribution < 1.29 is 14.7 Å². The molecule has 0 aromatic carbocycles. The maximum absolute atomic E-state index is 12.4. The molecule has 11 nitrogen and oxygen atoms in total. The van der Waals surface area contributed by atoms with Crippen LogP contribution in [-0.4, -0.2) is 88.1 Å². The normalized spacial score (nSPS) is 13.3. The number of likely N-dealkylation sites (N-methyl/N-ethyl adjacent to an activating group) is 1. The third-order valence-corrected chi connectivity index (χ3v) is 6.08. The first kappa shape index (κ1) is 26.8. The lowest BCUT2D eigenvalue weighted by molar-refractivity contribution is -0.138. The van der Waals surface area contributed by atoms with Crippen LogP contribution in [-0.2, 0) is 22.4 Å². The Bertz CT molecular complexity index is 1070. The van der Waals surface area contributed by atoms with Crippen molar-refractivity contribution in [3.05, 3.63) is 41.3 Å². The van der Waals surface area contributed by atoms with E-state index in [0.717, 1.165) is 50.2 Å². The number of carboxylic acid groups (broad SMARTS) is 1. The lowest BCUT2D eigenvalue weighted by Crippen LogP contribution is -2.40. The number of unbranched alkanes of at least 4 members (excludes halogenated alkanes) is 1. The number of carbonyl (C=O) groups is 2. The minimum Gasteiger partial charge on any atom is -0.480 e. The van der Waals surface area contributed by atoms with E-state index in [4.69, 9.17) is 10.2 Å². The summed E-state index contributed by atoms with van der Waals surface area (Å²) < 4.78 is 0. The summed E-state index contributed by atoms with van der Waals surface area (Å²) in [6, 6.07) is 5.24. The Morgan fingerprint density at radius 2 is 2.00 bits per heavy atom. The van der Waals surface area contributed by atoms with Crippen molar-refractivity contribution >= 4 is 23.6 Å². The monoisotopic (exact) mass is 494 g/mol. The zero-order valence-corrected chi connectivity index (χ0v) is 20.9. The molecule has 3 N–H and O–H groups in total. The zero-order valence-electron chi connectivity index (χ0n) is 20.9. The van der Waals surface area contributed by atoms with Crippen LogP contribution in [0.25, 0.3) is 0 Å². The molecule has 3 heterocycles. The number of nitrogens with zero attached hydrogens (tertiary/aromatic N) is 6. The number of hydrogen-bond donors (Lipinski definition) is 3. The Kier molecular flexibility index (Phi) is 9.94. The molecule has 1 unspecified atom stereocenters. The van der Waals surface area contributed by atoms with Gasteiger partial charge in [-0.3, -0.25) is 9.69 Å². The Morgan fingerprint density at radius 3 is 2.69 bits per heavy atom. The number of amides is 1. The van der Waals surface area contributed by atoms with Crippen LogP contribution in [0.1, 0.15) is 42.5 Å². The number of aromatic nitrogens is 3. The minimum atomic E-state index is -1.03. The van der Waals surface area contributed by atoms with Gasteiger partial charge >= 0.3 is 5.97 Å². The molecule has 0 fully saturated rings. The van der Waals surface area contributed by atoms with Crippen molar-refractivity contribution in [3.8, 4) is 6.07 Å². The minimum absolute atomic E-state index is 0.0345. The Labute approximate surface area is 211 Å². The van der Waals surface area contributed by atoms with E-state index in [2.05, 4.69) is 32.7 Å². The summed E-state index contributed by atoms with van der Waals surface area (Å²) in [6.45, 7) is 2.26. The third-order valence-electron chi connectivity index (χ3n) is 6.08. The van der Waals surface area contributed by atoms with Crippen molar-refractivity contribution in [2.75, 3.05) is 50.9 Å². The van der Waals surface area contributed by atoms with Crippen LogP contribution in [0.15, 0.2) is 24.5 Å². The van der Waals surface area contributed by atoms with Gasteiger partial charge in [-0.15, -0.1) is 0 Å². The summed E-state index contributed by atoms with van der Waals surface area (Å²) in [4.78, 5) is 40.4. The van der Waals surface area contributed by atoms with Gasteiger partial charge in [-0.05, 0) is 56.7 Å². The van der Waals surface area contributed by atoms with E-state index in [-0.39, 0.29) is 24.8 Å². The Hall–Kier alpha value is -3.78. The van der Waals surface area contributed by atoms with Crippen molar-refractivity contribution in [2.24, 2.45) is 0 Å². The van der Waals surface area contributed by atoms with Crippen LogP contribution in [0, 0.1) is 11.3 Å². The molecular weight excluding hydrogens is 460 g/mol. The van der Waals surface area contributed by atoms with E-state index in [9.17, 15) is 14.7 Å². The lowest BCUT2D eigenvalue weighted by atomic mass is 10.1. The van der Waals surface area contributed by atoms with Gasteiger partial charge in [-0.1, -0.05) is 6.07 Å². The van der Waals surface area contributed by atoms with E-state index >= 15 is 0 Å².